The Morgan fingerprint density at radius 1 is 1.00 bits per heavy atom. The molecule has 0 aromatic carbocycles. The first-order chi connectivity index (χ1) is 7.76. The molecule has 0 aliphatic heterocycles. The molecule has 98 valence electrons. The Morgan fingerprint density at radius 3 is 2.19 bits per heavy atom. The lowest BCUT2D eigenvalue weighted by atomic mass is 10.2. The fourth-order valence-corrected chi connectivity index (χ4v) is 1.03. The van der Waals surface area contributed by atoms with Gasteiger partial charge >= 0.3 is 0 Å². The van der Waals surface area contributed by atoms with Gasteiger partial charge in [-0.25, -0.2) is 0 Å². The largest absolute Gasteiger partial charge is 0.394 e. The molecule has 2 unspecified atom stereocenters. The van der Waals surface area contributed by atoms with Gasteiger partial charge in [0.2, 0.25) is 0 Å². The third-order valence-electron chi connectivity index (χ3n) is 2.00. The summed E-state index contributed by atoms with van der Waals surface area (Å²) in [5.74, 6) is 0. The molecule has 0 spiro atoms. The standard InChI is InChI=1S/C10H22O6/c1-13-3-4-15-5-6-16-8-9(12)10(7-11)14-2/h9-12H,3-8H2,1-2H3. The van der Waals surface area contributed by atoms with Crippen molar-refractivity contribution >= 4 is 0 Å². The third kappa shape index (κ3) is 7.98. The molecule has 0 aliphatic rings. The number of aliphatic hydroxyl groups is 2. The van der Waals surface area contributed by atoms with E-state index in [9.17, 15) is 5.11 Å². The quantitative estimate of drug-likeness (QED) is 0.451. The van der Waals surface area contributed by atoms with E-state index in [2.05, 4.69) is 0 Å². The molecule has 2 atom stereocenters. The van der Waals surface area contributed by atoms with E-state index in [1.807, 2.05) is 0 Å². The third-order valence-corrected chi connectivity index (χ3v) is 2.00. The number of aliphatic hydroxyl groups excluding tert-OH is 2. The minimum atomic E-state index is -0.825. The van der Waals surface area contributed by atoms with Gasteiger partial charge in [0, 0.05) is 14.2 Å². The molecule has 0 bridgehead atoms. The summed E-state index contributed by atoms with van der Waals surface area (Å²) < 4.78 is 20.0. The van der Waals surface area contributed by atoms with Gasteiger partial charge in [-0.1, -0.05) is 0 Å². The van der Waals surface area contributed by atoms with Crippen LogP contribution in [0.15, 0.2) is 0 Å². The van der Waals surface area contributed by atoms with Crippen LogP contribution in [0, 0.1) is 0 Å². The van der Waals surface area contributed by atoms with Gasteiger partial charge in [-0.15, -0.1) is 0 Å². The summed E-state index contributed by atoms with van der Waals surface area (Å²) in [6, 6.07) is 0. The van der Waals surface area contributed by atoms with E-state index in [0.717, 1.165) is 0 Å². The molecular weight excluding hydrogens is 216 g/mol. The molecule has 2 N–H and O–H groups in total. The van der Waals surface area contributed by atoms with Crippen LogP contribution in [-0.4, -0.2) is 76.3 Å². The minimum Gasteiger partial charge on any atom is -0.394 e. The zero-order chi connectivity index (χ0) is 12.2. The van der Waals surface area contributed by atoms with Crippen LogP contribution in [0.3, 0.4) is 0 Å². The molecule has 0 aromatic rings. The fraction of sp³-hybridized carbons (Fsp3) is 1.00. The fourth-order valence-electron chi connectivity index (χ4n) is 1.03. The zero-order valence-corrected chi connectivity index (χ0v) is 9.92. The van der Waals surface area contributed by atoms with Crippen molar-refractivity contribution in [2.75, 3.05) is 53.9 Å². The molecule has 16 heavy (non-hydrogen) atoms. The first-order valence-corrected chi connectivity index (χ1v) is 5.22. The van der Waals surface area contributed by atoms with E-state index in [0.29, 0.717) is 26.4 Å². The van der Waals surface area contributed by atoms with Gasteiger partial charge in [0.1, 0.15) is 12.2 Å². The smallest absolute Gasteiger partial charge is 0.108 e. The molecule has 0 heterocycles. The Bertz CT molecular complexity index is 139. The van der Waals surface area contributed by atoms with Crippen molar-refractivity contribution in [2.24, 2.45) is 0 Å². The second-order valence-electron chi connectivity index (χ2n) is 3.20. The summed E-state index contributed by atoms with van der Waals surface area (Å²) in [5.41, 5.74) is 0. The molecule has 0 amide bonds. The van der Waals surface area contributed by atoms with Crippen LogP contribution in [0.5, 0.6) is 0 Å². The van der Waals surface area contributed by atoms with Crippen molar-refractivity contribution in [2.45, 2.75) is 12.2 Å². The lowest BCUT2D eigenvalue weighted by Gasteiger charge is -2.19. The van der Waals surface area contributed by atoms with Crippen LogP contribution >= 0.6 is 0 Å². The molecule has 0 saturated heterocycles. The van der Waals surface area contributed by atoms with Crippen molar-refractivity contribution in [3.8, 4) is 0 Å². The number of rotatable bonds is 11. The Morgan fingerprint density at radius 2 is 1.62 bits per heavy atom. The Balaban J connectivity index is 3.30. The average Bonchev–Trinajstić information content (AvgIpc) is 2.29. The topological polar surface area (TPSA) is 77.4 Å². The Kier molecular flexibility index (Phi) is 11.1. The molecule has 0 aromatic heterocycles. The average molecular weight is 238 g/mol. The van der Waals surface area contributed by atoms with Crippen LogP contribution in [0.2, 0.25) is 0 Å². The summed E-state index contributed by atoms with van der Waals surface area (Å²) in [7, 11) is 3.04. The first-order valence-electron chi connectivity index (χ1n) is 5.22. The SMILES string of the molecule is COCCOCCOCC(O)C(CO)OC. The van der Waals surface area contributed by atoms with Crippen molar-refractivity contribution in [1.29, 1.82) is 0 Å². The molecule has 6 nitrogen and oxygen atoms in total. The molecule has 6 heteroatoms. The van der Waals surface area contributed by atoms with Crippen LogP contribution < -0.4 is 0 Å². The first kappa shape index (κ1) is 15.8. The number of methoxy groups -OCH3 is 2. The highest BCUT2D eigenvalue weighted by Gasteiger charge is 2.17. The predicted octanol–water partition coefficient (Wildman–Crippen LogP) is -0.966. The summed E-state index contributed by atoms with van der Waals surface area (Å²) in [5, 5.41) is 18.3. The van der Waals surface area contributed by atoms with Crippen molar-refractivity contribution < 1.29 is 29.2 Å². The van der Waals surface area contributed by atoms with Crippen LogP contribution in [0.4, 0.5) is 0 Å². The maximum Gasteiger partial charge on any atom is 0.108 e. The lowest BCUT2D eigenvalue weighted by Crippen LogP contribution is -2.35. The van der Waals surface area contributed by atoms with E-state index in [-0.39, 0.29) is 13.2 Å². The van der Waals surface area contributed by atoms with Gasteiger partial charge in [-0.05, 0) is 0 Å². The highest BCUT2D eigenvalue weighted by atomic mass is 16.5. The van der Waals surface area contributed by atoms with Gasteiger partial charge in [0.05, 0.1) is 39.6 Å². The predicted molar refractivity (Wildman–Crippen MR) is 57.4 cm³/mol. The van der Waals surface area contributed by atoms with Crippen molar-refractivity contribution in [3.63, 3.8) is 0 Å². The number of hydrogen-bond donors (Lipinski definition) is 2. The minimum absolute atomic E-state index is 0.118. The van der Waals surface area contributed by atoms with Crippen molar-refractivity contribution in [3.05, 3.63) is 0 Å². The Labute approximate surface area is 96.1 Å². The summed E-state index contributed by atoms with van der Waals surface area (Å²) >= 11 is 0. The van der Waals surface area contributed by atoms with Gasteiger partial charge in [-0.3, -0.25) is 0 Å². The van der Waals surface area contributed by atoms with E-state index in [1.54, 1.807) is 7.11 Å². The normalized spacial score (nSPS) is 15.0. The van der Waals surface area contributed by atoms with Gasteiger partial charge in [0.25, 0.3) is 0 Å². The molecule has 0 fully saturated rings. The number of ether oxygens (including phenoxy) is 4. The van der Waals surface area contributed by atoms with Gasteiger partial charge < -0.3 is 29.2 Å². The van der Waals surface area contributed by atoms with E-state index in [1.165, 1.54) is 7.11 Å². The number of hydrogen-bond acceptors (Lipinski definition) is 6. The lowest BCUT2D eigenvalue weighted by molar-refractivity contribution is -0.0805. The highest BCUT2D eigenvalue weighted by Crippen LogP contribution is 1.98. The monoisotopic (exact) mass is 238 g/mol. The molecular formula is C10H22O6. The van der Waals surface area contributed by atoms with Crippen LogP contribution in [-0.2, 0) is 18.9 Å². The zero-order valence-electron chi connectivity index (χ0n) is 9.92. The summed E-state index contributed by atoms with van der Waals surface area (Å²) in [6.07, 6.45) is -1.43. The van der Waals surface area contributed by atoms with Gasteiger partial charge in [-0.2, -0.15) is 0 Å². The second-order valence-corrected chi connectivity index (χ2v) is 3.20. The maximum atomic E-state index is 9.48. The summed E-state index contributed by atoms with van der Waals surface area (Å²) in [4.78, 5) is 0. The molecule has 0 saturated carbocycles. The second kappa shape index (κ2) is 11.3. The maximum absolute atomic E-state index is 9.48. The van der Waals surface area contributed by atoms with E-state index in [4.69, 9.17) is 24.1 Å². The van der Waals surface area contributed by atoms with Crippen LogP contribution in [0.25, 0.3) is 0 Å². The van der Waals surface area contributed by atoms with E-state index < -0.39 is 12.2 Å². The van der Waals surface area contributed by atoms with E-state index >= 15 is 0 Å². The molecule has 0 aliphatic carbocycles. The molecule has 0 rings (SSSR count). The molecule has 0 radical (unpaired) electrons. The van der Waals surface area contributed by atoms with Crippen molar-refractivity contribution in [1.82, 2.24) is 0 Å². The van der Waals surface area contributed by atoms with Gasteiger partial charge in [0.15, 0.2) is 0 Å². The Hall–Kier alpha value is -0.240. The van der Waals surface area contributed by atoms with Crippen LogP contribution in [0.1, 0.15) is 0 Å². The summed E-state index contributed by atoms with van der Waals surface area (Å²) in [6.45, 7) is 1.81. The highest BCUT2D eigenvalue weighted by molar-refractivity contribution is 4.66.